The van der Waals surface area contributed by atoms with Gasteiger partial charge in [-0.15, -0.1) is 0 Å². The Bertz CT molecular complexity index is 838. The van der Waals surface area contributed by atoms with Crippen molar-refractivity contribution in [1.29, 1.82) is 0 Å². The minimum absolute atomic E-state index is 0.0199. The number of benzene rings is 2. The van der Waals surface area contributed by atoms with E-state index in [9.17, 15) is 20.1 Å². The van der Waals surface area contributed by atoms with Crippen LogP contribution in [0.5, 0.6) is 5.75 Å². The molecule has 0 aromatic heterocycles. The summed E-state index contributed by atoms with van der Waals surface area (Å²) in [6.07, 6.45) is 1.61. The lowest BCUT2D eigenvalue weighted by Gasteiger charge is -2.26. The molecule has 6 N–H and O–H groups in total. The summed E-state index contributed by atoms with van der Waals surface area (Å²) in [7, 11) is 0. The van der Waals surface area contributed by atoms with Gasteiger partial charge in [-0.1, -0.05) is 42.3 Å². The van der Waals surface area contributed by atoms with Crippen molar-refractivity contribution >= 4 is 34.9 Å². The van der Waals surface area contributed by atoms with Gasteiger partial charge >= 0.3 is 5.97 Å². The zero-order chi connectivity index (χ0) is 23.0. The van der Waals surface area contributed by atoms with Crippen molar-refractivity contribution in [2.75, 3.05) is 18.8 Å². The van der Waals surface area contributed by atoms with E-state index >= 15 is 0 Å². The maximum atomic E-state index is 11.4. The van der Waals surface area contributed by atoms with Crippen LogP contribution in [0, 0.1) is 5.92 Å². The van der Waals surface area contributed by atoms with Gasteiger partial charge in [0.05, 0.1) is 21.8 Å². The number of phenols is 1. The average Bonchev–Trinajstić information content (AvgIpc) is 2.72. The number of aliphatic hydroxyl groups excluding tert-OH is 1. The number of carboxylic acids is 1. The first-order chi connectivity index (χ1) is 14.7. The Morgan fingerprint density at radius 1 is 1.13 bits per heavy atom. The first-order valence-electron chi connectivity index (χ1n) is 10.4. The van der Waals surface area contributed by atoms with Crippen molar-refractivity contribution in [2.24, 2.45) is 5.92 Å². The molecule has 0 amide bonds. The van der Waals surface area contributed by atoms with Crippen LogP contribution in [0.1, 0.15) is 55.8 Å². The average molecular weight is 469 g/mol. The van der Waals surface area contributed by atoms with Crippen LogP contribution < -0.4 is 11.1 Å². The smallest absolute Gasteiger partial charge is 0.303 e. The first-order valence-corrected chi connectivity index (χ1v) is 11.1. The Balaban J connectivity index is 1.89. The summed E-state index contributed by atoms with van der Waals surface area (Å²) in [5.41, 5.74) is 7.63. The van der Waals surface area contributed by atoms with Gasteiger partial charge in [0, 0.05) is 13.0 Å². The Hall–Kier alpha value is -1.99. The molecule has 0 aliphatic rings. The van der Waals surface area contributed by atoms with Crippen molar-refractivity contribution in [3.63, 3.8) is 0 Å². The lowest BCUT2D eigenvalue weighted by Crippen LogP contribution is -2.24. The summed E-state index contributed by atoms with van der Waals surface area (Å²) in [4.78, 5) is 11.4. The van der Waals surface area contributed by atoms with E-state index in [1.54, 1.807) is 24.3 Å². The summed E-state index contributed by atoms with van der Waals surface area (Å²) >= 11 is 12.0. The first kappa shape index (κ1) is 25.3. The number of nitrogen functional groups attached to an aromatic ring is 1. The van der Waals surface area contributed by atoms with Gasteiger partial charge in [-0.25, -0.2) is 0 Å². The Kier molecular flexibility index (Phi) is 9.91. The van der Waals surface area contributed by atoms with Crippen molar-refractivity contribution in [3.8, 4) is 5.75 Å². The Labute approximate surface area is 193 Å². The molecule has 3 unspecified atom stereocenters. The zero-order valence-electron chi connectivity index (χ0n) is 17.5. The molecule has 0 spiro atoms. The predicted molar refractivity (Wildman–Crippen MR) is 125 cm³/mol. The van der Waals surface area contributed by atoms with Crippen molar-refractivity contribution in [1.82, 2.24) is 5.32 Å². The molecule has 2 aromatic carbocycles. The number of hydrogen-bond acceptors (Lipinski definition) is 5. The molecule has 0 radical (unpaired) electrons. The third-order valence-corrected chi connectivity index (χ3v) is 6.14. The largest absolute Gasteiger partial charge is 0.508 e. The molecule has 6 nitrogen and oxygen atoms in total. The van der Waals surface area contributed by atoms with Gasteiger partial charge in [-0.05, 0) is 73.0 Å². The number of aliphatic carboxylic acids is 1. The van der Waals surface area contributed by atoms with Crippen LogP contribution in [0.3, 0.4) is 0 Å². The zero-order valence-corrected chi connectivity index (χ0v) is 19.0. The monoisotopic (exact) mass is 468 g/mol. The van der Waals surface area contributed by atoms with E-state index in [1.165, 1.54) is 0 Å². The Morgan fingerprint density at radius 2 is 1.74 bits per heavy atom. The van der Waals surface area contributed by atoms with Crippen molar-refractivity contribution in [2.45, 2.75) is 44.6 Å². The molecule has 0 bridgehead atoms. The number of rotatable bonds is 12. The normalized spacial score (nSPS) is 14.2. The molecular formula is C23H30Cl2N2O4. The highest BCUT2D eigenvalue weighted by molar-refractivity contribution is 6.38. The third-order valence-electron chi connectivity index (χ3n) is 5.52. The van der Waals surface area contributed by atoms with Gasteiger partial charge in [-0.2, -0.15) is 0 Å². The van der Waals surface area contributed by atoms with Gasteiger partial charge in [0.15, 0.2) is 0 Å². The maximum Gasteiger partial charge on any atom is 0.303 e. The second-order valence-corrected chi connectivity index (χ2v) is 8.54. The molecular weight excluding hydrogens is 439 g/mol. The quantitative estimate of drug-likeness (QED) is 0.222. The van der Waals surface area contributed by atoms with E-state index in [-0.39, 0.29) is 29.7 Å². The van der Waals surface area contributed by atoms with Gasteiger partial charge in [-0.3, -0.25) is 4.79 Å². The topological polar surface area (TPSA) is 116 Å². The number of carboxylic acid groups (broad SMARTS) is 1. The standard InChI is InChI=1S/C23H30Cl2N2O4/c1-2-18(14-5-7-17(28)8-6-14)15(12-22(30)31)4-3-9-27-13-21(29)16-10-19(24)23(26)20(25)11-16/h5-8,10-11,15,18,21,27-29H,2-4,9,12-13,26H2,1H3,(H,30,31). The number of nitrogens with two attached hydrogens (primary N) is 1. The van der Waals surface area contributed by atoms with E-state index in [0.29, 0.717) is 28.7 Å². The van der Waals surface area contributed by atoms with Crippen LogP contribution in [0.25, 0.3) is 0 Å². The molecule has 0 fully saturated rings. The lowest BCUT2D eigenvalue weighted by molar-refractivity contribution is -0.138. The fourth-order valence-electron chi connectivity index (χ4n) is 3.87. The molecule has 0 heterocycles. The number of phenolic OH excluding ortho intramolecular Hbond substituents is 1. The van der Waals surface area contributed by atoms with E-state index in [1.807, 2.05) is 19.1 Å². The second kappa shape index (κ2) is 12.2. The van der Waals surface area contributed by atoms with Crippen LogP contribution in [0.2, 0.25) is 10.0 Å². The van der Waals surface area contributed by atoms with E-state index in [0.717, 1.165) is 24.8 Å². The molecule has 170 valence electrons. The van der Waals surface area contributed by atoms with E-state index < -0.39 is 12.1 Å². The predicted octanol–water partition coefficient (Wildman–Crippen LogP) is 4.97. The molecule has 0 aliphatic heterocycles. The summed E-state index contributed by atoms with van der Waals surface area (Å²) in [5.74, 6) is -0.544. The number of halogens is 2. The van der Waals surface area contributed by atoms with Crippen LogP contribution in [0.4, 0.5) is 5.69 Å². The Morgan fingerprint density at radius 3 is 2.29 bits per heavy atom. The van der Waals surface area contributed by atoms with Crippen molar-refractivity contribution < 1.29 is 20.1 Å². The van der Waals surface area contributed by atoms with E-state index in [4.69, 9.17) is 28.9 Å². The molecule has 8 heteroatoms. The number of hydrogen-bond donors (Lipinski definition) is 5. The number of aromatic hydroxyl groups is 1. The number of carbonyl (C=O) groups is 1. The van der Waals surface area contributed by atoms with Crippen LogP contribution >= 0.6 is 23.2 Å². The minimum Gasteiger partial charge on any atom is -0.508 e. The number of nitrogens with one attached hydrogen (secondary N) is 1. The third kappa shape index (κ3) is 7.58. The second-order valence-electron chi connectivity index (χ2n) is 7.72. The summed E-state index contributed by atoms with van der Waals surface area (Å²) in [6.45, 7) is 2.99. The summed E-state index contributed by atoms with van der Waals surface area (Å²) < 4.78 is 0. The molecule has 2 aromatic rings. The van der Waals surface area contributed by atoms with Gasteiger partial charge in [0.1, 0.15) is 5.75 Å². The number of anilines is 1. The van der Waals surface area contributed by atoms with Gasteiger partial charge in [0.2, 0.25) is 0 Å². The van der Waals surface area contributed by atoms with Crippen molar-refractivity contribution in [3.05, 3.63) is 57.6 Å². The lowest BCUT2D eigenvalue weighted by atomic mass is 9.79. The van der Waals surface area contributed by atoms with Gasteiger partial charge in [0.25, 0.3) is 0 Å². The highest BCUT2D eigenvalue weighted by Gasteiger charge is 2.24. The van der Waals surface area contributed by atoms with Crippen LogP contribution in [-0.2, 0) is 4.79 Å². The maximum absolute atomic E-state index is 11.4. The summed E-state index contributed by atoms with van der Waals surface area (Å²) in [5, 5.41) is 33.1. The molecule has 0 aliphatic carbocycles. The molecule has 2 rings (SSSR count). The fourth-order valence-corrected chi connectivity index (χ4v) is 4.38. The highest BCUT2D eigenvalue weighted by atomic mass is 35.5. The molecule has 0 saturated heterocycles. The number of aliphatic hydroxyl groups is 1. The fraction of sp³-hybridized carbons (Fsp3) is 0.435. The molecule has 0 saturated carbocycles. The van der Waals surface area contributed by atoms with Crippen LogP contribution in [-0.4, -0.2) is 34.4 Å². The SMILES string of the molecule is CCC(c1ccc(O)cc1)C(CCCNCC(O)c1cc(Cl)c(N)c(Cl)c1)CC(=O)O. The highest BCUT2D eigenvalue weighted by Crippen LogP contribution is 2.34. The summed E-state index contributed by atoms with van der Waals surface area (Å²) in [6, 6.07) is 10.2. The van der Waals surface area contributed by atoms with Crippen LogP contribution in [0.15, 0.2) is 36.4 Å². The minimum atomic E-state index is -0.817. The van der Waals surface area contributed by atoms with E-state index in [2.05, 4.69) is 5.32 Å². The molecule has 31 heavy (non-hydrogen) atoms. The van der Waals surface area contributed by atoms with Gasteiger partial charge < -0.3 is 26.4 Å². The molecule has 3 atom stereocenters.